The highest BCUT2D eigenvalue weighted by molar-refractivity contribution is 5.48. The van der Waals surface area contributed by atoms with E-state index in [2.05, 4.69) is 63.3 Å². The van der Waals surface area contributed by atoms with Crippen LogP contribution in [0.2, 0.25) is 0 Å². The molecule has 1 aromatic carbocycles. The Morgan fingerprint density at radius 3 is 2.73 bits per heavy atom. The maximum absolute atomic E-state index is 9.48. The molecule has 0 aliphatic carbocycles. The summed E-state index contributed by atoms with van der Waals surface area (Å²) in [6.07, 6.45) is 5.23. The molecular weight excluding hydrogens is 322 g/mol. The molecule has 1 atom stereocenters. The number of piperazine rings is 1. The van der Waals surface area contributed by atoms with Crippen LogP contribution in [0, 0.1) is 6.92 Å². The first kappa shape index (κ1) is 18.8. The van der Waals surface area contributed by atoms with Gasteiger partial charge < -0.3 is 5.11 Å². The van der Waals surface area contributed by atoms with Crippen molar-refractivity contribution in [2.75, 3.05) is 32.8 Å². The Labute approximate surface area is 156 Å². The number of aliphatic hydroxyl groups excluding tert-OH is 1. The molecule has 0 bridgehead atoms. The van der Waals surface area contributed by atoms with E-state index in [1.54, 1.807) is 0 Å². The predicted molar refractivity (Wildman–Crippen MR) is 107 cm³/mol. The van der Waals surface area contributed by atoms with Gasteiger partial charge in [0.2, 0.25) is 0 Å². The first-order chi connectivity index (χ1) is 12.7. The minimum atomic E-state index is 0.232. The molecule has 1 fully saturated rings. The van der Waals surface area contributed by atoms with E-state index < -0.39 is 0 Å². The Morgan fingerprint density at radius 1 is 1.12 bits per heavy atom. The molecule has 1 aliphatic heterocycles. The van der Waals surface area contributed by atoms with E-state index in [0.29, 0.717) is 6.04 Å². The van der Waals surface area contributed by atoms with E-state index in [1.807, 2.05) is 19.1 Å². The molecule has 1 saturated heterocycles. The Hall–Kier alpha value is -2.01. The van der Waals surface area contributed by atoms with Gasteiger partial charge >= 0.3 is 0 Å². The highest BCUT2D eigenvalue weighted by Crippen LogP contribution is 2.16. The molecule has 1 N–H and O–H groups in total. The SMILES string of the molecule is Cc1cccc(CN2CCN(C/C=C/c3ccccc3)CC2CCO)n1. The van der Waals surface area contributed by atoms with Crippen molar-refractivity contribution in [1.29, 1.82) is 0 Å². The van der Waals surface area contributed by atoms with E-state index in [-0.39, 0.29) is 6.61 Å². The number of benzene rings is 1. The molecule has 4 nitrogen and oxygen atoms in total. The minimum absolute atomic E-state index is 0.232. The van der Waals surface area contributed by atoms with Gasteiger partial charge in [0.05, 0.1) is 5.69 Å². The van der Waals surface area contributed by atoms with Gasteiger partial charge in [-0.25, -0.2) is 0 Å². The van der Waals surface area contributed by atoms with E-state index in [0.717, 1.165) is 50.5 Å². The van der Waals surface area contributed by atoms with Gasteiger partial charge in [0.15, 0.2) is 0 Å². The predicted octanol–water partition coefficient (Wildman–Crippen LogP) is 2.97. The Kier molecular flexibility index (Phi) is 6.95. The molecule has 2 aromatic rings. The number of pyridine rings is 1. The van der Waals surface area contributed by atoms with Gasteiger partial charge in [-0.1, -0.05) is 48.6 Å². The van der Waals surface area contributed by atoms with Gasteiger partial charge in [-0.2, -0.15) is 0 Å². The first-order valence-corrected chi connectivity index (χ1v) is 9.46. The van der Waals surface area contributed by atoms with Crippen molar-refractivity contribution in [3.8, 4) is 0 Å². The number of hydrogen-bond donors (Lipinski definition) is 1. The minimum Gasteiger partial charge on any atom is -0.396 e. The third kappa shape index (κ3) is 5.49. The summed E-state index contributed by atoms with van der Waals surface area (Å²) in [5.41, 5.74) is 3.42. The summed E-state index contributed by atoms with van der Waals surface area (Å²) in [6.45, 7) is 7.13. The summed E-state index contributed by atoms with van der Waals surface area (Å²) in [6, 6.07) is 17.0. The summed E-state index contributed by atoms with van der Waals surface area (Å²) >= 11 is 0. The van der Waals surface area contributed by atoms with Gasteiger partial charge in [-0.3, -0.25) is 14.8 Å². The van der Waals surface area contributed by atoms with Crippen molar-refractivity contribution in [1.82, 2.24) is 14.8 Å². The molecule has 26 heavy (non-hydrogen) atoms. The lowest BCUT2D eigenvalue weighted by molar-refractivity contribution is 0.0587. The highest BCUT2D eigenvalue weighted by Gasteiger charge is 2.26. The topological polar surface area (TPSA) is 39.6 Å². The van der Waals surface area contributed by atoms with Crippen LogP contribution in [0.4, 0.5) is 0 Å². The van der Waals surface area contributed by atoms with Crippen molar-refractivity contribution in [2.24, 2.45) is 0 Å². The van der Waals surface area contributed by atoms with Crippen molar-refractivity contribution in [3.63, 3.8) is 0 Å². The largest absolute Gasteiger partial charge is 0.396 e. The zero-order chi connectivity index (χ0) is 18.2. The molecule has 0 radical (unpaired) electrons. The highest BCUT2D eigenvalue weighted by atomic mass is 16.3. The van der Waals surface area contributed by atoms with Gasteiger partial charge in [-0.05, 0) is 31.0 Å². The summed E-state index contributed by atoms with van der Waals surface area (Å²) < 4.78 is 0. The first-order valence-electron chi connectivity index (χ1n) is 9.46. The fourth-order valence-corrected chi connectivity index (χ4v) is 3.55. The summed E-state index contributed by atoms with van der Waals surface area (Å²) in [7, 11) is 0. The standard InChI is InChI=1S/C22H29N3O/c1-19-7-5-11-21(23-19)17-25-15-14-24(18-22(25)12-16-26)13-6-10-20-8-3-2-4-9-20/h2-11,22,26H,12-18H2,1H3/b10-6+. The van der Waals surface area contributed by atoms with Gasteiger partial charge in [-0.15, -0.1) is 0 Å². The average Bonchev–Trinajstić information content (AvgIpc) is 2.65. The maximum Gasteiger partial charge on any atom is 0.0547 e. The van der Waals surface area contributed by atoms with E-state index in [4.69, 9.17) is 0 Å². The number of nitrogens with zero attached hydrogens (tertiary/aromatic N) is 3. The van der Waals surface area contributed by atoms with Crippen LogP contribution in [-0.4, -0.2) is 58.7 Å². The van der Waals surface area contributed by atoms with Crippen LogP contribution in [0.25, 0.3) is 6.08 Å². The lowest BCUT2D eigenvalue weighted by Crippen LogP contribution is -2.52. The maximum atomic E-state index is 9.48. The molecule has 1 aromatic heterocycles. The number of aryl methyl sites for hydroxylation is 1. The van der Waals surface area contributed by atoms with Crippen molar-refractivity contribution in [2.45, 2.75) is 25.9 Å². The lowest BCUT2D eigenvalue weighted by Gasteiger charge is -2.41. The zero-order valence-corrected chi connectivity index (χ0v) is 15.6. The van der Waals surface area contributed by atoms with Gasteiger partial charge in [0.1, 0.15) is 0 Å². The monoisotopic (exact) mass is 351 g/mol. The van der Waals surface area contributed by atoms with E-state index in [1.165, 1.54) is 5.56 Å². The summed E-state index contributed by atoms with van der Waals surface area (Å²) in [5, 5.41) is 9.48. The Bertz CT molecular complexity index is 702. The molecule has 3 rings (SSSR count). The molecular formula is C22H29N3O. The molecule has 1 unspecified atom stereocenters. The van der Waals surface area contributed by atoms with Crippen molar-refractivity contribution >= 4 is 6.08 Å². The second-order valence-electron chi connectivity index (χ2n) is 6.98. The van der Waals surface area contributed by atoms with Gasteiger partial charge in [0.25, 0.3) is 0 Å². The van der Waals surface area contributed by atoms with Crippen LogP contribution in [-0.2, 0) is 6.54 Å². The number of aliphatic hydroxyl groups is 1. The molecule has 4 heteroatoms. The van der Waals surface area contributed by atoms with Crippen LogP contribution in [0.15, 0.2) is 54.6 Å². The van der Waals surface area contributed by atoms with Crippen LogP contribution in [0.5, 0.6) is 0 Å². The summed E-state index contributed by atoms with van der Waals surface area (Å²) in [5.74, 6) is 0. The van der Waals surface area contributed by atoms with Crippen molar-refractivity contribution < 1.29 is 5.11 Å². The fourth-order valence-electron chi connectivity index (χ4n) is 3.55. The second kappa shape index (κ2) is 9.62. The fraction of sp³-hybridized carbons (Fsp3) is 0.409. The van der Waals surface area contributed by atoms with Crippen LogP contribution < -0.4 is 0 Å². The average molecular weight is 351 g/mol. The summed E-state index contributed by atoms with van der Waals surface area (Å²) in [4.78, 5) is 9.57. The van der Waals surface area contributed by atoms with Crippen LogP contribution in [0.1, 0.15) is 23.4 Å². The quantitative estimate of drug-likeness (QED) is 0.832. The molecule has 0 saturated carbocycles. The zero-order valence-electron chi connectivity index (χ0n) is 15.6. The molecule has 138 valence electrons. The third-order valence-corrected chi connectivity index (χ3v) is 4.94. The van der Waals surface area contributed by atoms with Gasteiger partial charge in [0, 0.05) is 51.1 Å². The smallest absolute Gasteiger partial charge is 0.0547 e. The van der Waals surface area contributed by atoms with E-state index >= 15 is 0 Å². The normalized spacial score (nSPS) is 19.2. The Balaban J connectivity index is 1.56. The Morgan fingerprint density at radius 2 is 1.96 bits per heavy atom. The molecule has 0 amide bonds. The molecule has 0 spiro atoms. The lowest BCUT2D eigenvalue weighted by atomic mass is 10.1. The van der Waals surface area contributed by atoms with Crippen LogP contribution >= 0.6 is 0 Å². The number of aromatic nitrogens is 1. The van der Waals surface area contributed by atoms with E-state index in [9.17, 15) is 5.11 Å². The molecule has 2 heterocycles. The van der Waals surface area contributed by atoms with Crippen molar-refractivity contribution in [3.05, 3.63) is 71.6 Å². The number of rotatable bonds is 7. The second-order valence-corrected chi connectivity index (χ2v) is 6.98. The third-order valence-electron chi connectivity index (χ3n) is 4.94. The molecule has 1 aliphatic rings. The number of hydrogen-bond acceptors (Lipinski definition) is 4. The van der Waals surface area contributed by atoms with Crippen LogP contribution in [0.3, 0.4) is 0 Å².